The highest BCUT2D eigenvalue weighted by atomic mass is 19.1. The number of nitrogens with zero attached hydrogens (tertiary/aromatic N) is 1. The molecule has 0 fully saturated rings. The summed E-state index contributed by atoms with van der Waals surface area (Å²) in [5.41, 5.74) is 2.82. The van der Waals surface area contributed by atoms with Gasteiger partial charge in [0.15, 0.2) is 0 Å². The van der Waals surface area contributed by atoms with E-state index in [2.05, 4.69) is 31.0 Å². The highest BCUT2D eigenvalue weighted by Gasteiger charge is 2.20. The van der Waals surface area contributed by atoms with E-state index in [0.717, 1.165) is 16.8 Å². The minimum Gasteiger partial charge on any atom is -0.281 e. The summed E-state index contributed by atoms with van der Waals surface area (Å²) in [4.78, 5) is 0. The first-order valence-electron chi connectivity index (χ1n) is 5.28. The molecule has 0 amide bonds. The molecular weight excluding hydrogens is 203 g/mol. The third-order valence-electron chi connectivity index (χ3n) is 2.52. The smallest absolute Gasteiger partial charge is 0.123 e. The Morgan fingerprint density at radius 1 is 1.25 bits per heavy atom. The molecule has 1 heterocycles. The Kier molecular flexibility index (Phi) is 2.54. The van der Waals surface area contributed by atoms with E-state index in [1.54, 1.807) is 12.3 Å². The van der Waals surface area contributed by atoms with Gasteiger partial charge < -0.3 is 0 Å². The van der Waals surface area contributed by atoms with Crippen molar-refractivity contribution in [2.45, 2.75) is 26.2 Å². The molecule has 0 saturated heterocycles. The quantitative estimate of drug-likeness (QED) is 0.779. The van der Waals surface area contributed by atoms with E-state index in [-0.39, 0.29) is 11.2 Å². The van der Waals surface area contributed by atoms with E-state index in [0.29, 0.717) is 0 Å². The number of hydrogen-bond acceptors (Lipinski definition) is 1. The maximum absolute atomic E-state index is 13.2. The van der Waals surface area contributed by atoms with Crippen molar-refractivity contribution in [2.24, 2.45) is 0 Å². The molecule has 1 aromatic carbocycles. The first-order chi connectivity index (χ1) is 7.48. The Morgan fingerprint density at radius 2 is 2.00 bits per heavy atom. The van der Waals surface area contributed by atoms with Gasteiger partial charge in [-0.25, -0.2) is 4.39 Å². The van der Waals surface area contributed by atoms with Crippen molar-refractivity contribution in [1.29, 1.82) is 0 Å². The molecule has 2 nitrogen and oxygen atoms in total. The monoisotopic (exact) mass is 218 g/mol. The predicted octanol–water partition coefficient (Wildman–Crippen LogP) is 3.51. The summed E-state index contributed by atoms with van der Waals surface area (Å²) in [6.45, 7) is 6.30. The largest absolute Gasteiger partial charge is 0.281 e. The lowest BCUT2D eigenvalue weighted by Gasteiger charge is -2.18. The van der Waals surface area contributed by atoms with Gasteiger partial charge in [-0.3, -0.25) is 5.10 Å². The van der Waals surface area contributed by atoms with E-state index in [9.17, 15) is 4.39 Å². The second-order valence-electron chi connectivity index (χ2n) is 4.92. The fourth-order valence-electron chi connectivity index (χ4n) is 1.73. The van der Waals surface area contributed by atoms with E-state index >= 15 is 0 Å². The zero-order chi connectivity index (χ0) is 11.8. The number of aromatic nitrogens is 2. The Bertz CT molecular complexity index is 495. The van der Waals surface area contributed by atoms with Crippen molar-refractivity contribution < 1.29 is 4.39 Å². The molecule has 84 valence electrons. The molecule has 0 bridgehead atoms. The molecule has 0 atom stereocenters. The lowest BCUT2D eigenvalue weighted by atomic mass is 9.87. The number of benzene rings is 1. The third-order valence-corrected chi connectivity index (χ3v) is 2.52. The molecule has 0 unspecified atom stereocenters. The summed E-state index contributed by atoms with van der Waals surface area (Å²) in [5.74, 6) is -0.224. The summed E-state index contributed by atoms with van der Waals surface area (Å²) in [6.07, 6.45) is 1.75. The lowest BCUT2D eigenvalue weighted by molar-refractivity contribution is 0.568. The fraction of sp³-hybridized carbons (Fsp3) is 0.308. The van der Waals surface area contributed by atoms with Crippen LogP contribution in [0.2, 0.25) is 0 Å². The summed E-state index contributed by atoms with van der Waals surface area (Å²) in [7, 11) is 0. The SMILES string of the molecule is CC(C)(C)c1[nH]ncc1-c1cccc(F)c1. The maximum Gasteiger partial charge on any atom is 0.123 e. The second kappa shape index (κ2) is 3.74. The van der Waals surface area contributed by atoms with Crippen molar-refractivity contribution in [3.63, 3.8) is 0 Å². The molecule has 0 spiro atoms. The molecule has 0 aliphatic heterocycles. The van der Waals surface area contributed by atoms with Crippen molar-refractivity contribution in [1.82, 2.24) is 10.2 Å². The third kappa shape index (κ3) is 1.98. The van der Waals surface area contributed by atoms with Crippen LogP contribution in [0.1, 0.15) is 26.5 Å². The first kappa shape index (κ1) is 10.9. The standard InChI is InChI=1S/C13H15FN2/c1-13(2,3)12-11(8-15-16-12)9-5-4-6-10(14)7-9/h4-8H,1-3H3,(H,15,16). The minimum absolute atomic E-state index is 0.0296. The van der Waals surface area contributed by atoms with Crippen molar-refractivity contribution in [3.05, 3.63) is 42.0 Å². The van der Waals surface area contributed by atoms with Crippen LogP contribution < -0.4 is 0 Å². The highest BCUT2D eigenvalue weighted by Crippen LogP contribution is 2.31. The highest BCUT2D eigenvalue weighted by molar-refractivity contribution is 5.66. The predicted molar refractivity (Wildman–Crippen MR) is 62.7 cm³/mol. The number of nitrogens with one attached hydrogen (secondary N) is 1. The number of halogens is 1. The van der Waals surface area contributed by atoms with E-state index in [1.807, 2.05) is 6.07 Å². The molecule has 1 aromatic heterocycles. The van der Waals surface area contributed by atoms with Crippen LogP contribution in [0.4, 0.5) is 4.39 Å². The van der Waals surface area contributed by atoms with Crippen LogP contribution in [0.3, 0.4) is 0 Å². The van der Waals surface area contributed by atoms with Gasteiger partial charge in [0.05, 0.1) is 6.20 Å². The van der Waals surface area contributed by atoms with Gasteiger partial charge in [-0.05, 0) is 17.7 Å². The average molecular weight is 218 g/mol. The zero-order valence-corrected chi connectivity index (χ0v) is 9.71. The second-order valence-corrected chi connectivity index (χ2v) is 4.92. The van der Waals surface area contributed by atoms with Crippen LogP contribution >= 0.6 is 0 Å². The van der Waals surface area contributed by atoms with Crippen LogP contribution in [0.15, 0.2) is 30.5 Å². The Balaban J connectivity index is 2.53. The first-order valence-corrected chi connectivity index (χ1v) is 5.28. The average Bonchev–Trinajstić information content (AvgIpc) is 2.65. The summed E-state index contributed by atoms with van der Waals surface area (Å²) in [5, 5.41) is 7.04. The molecule has 16 heavy (non-hydrogen) atoms. The van der Waals surface area contributed by atoms with Gasteiger partial charge in [0.1, 0.15) is 5.82 Å². The van der Waals surface area contributed by atoms with Crippen molar-refractivity contribution >= 4 is 0 Å². The Labute approximate surface area is 94.5 Å². The normalized spacial score (nSPS) is 11.8. The van der Waals surface area contributed by atoms with Gasteiger partial charge in [0, 0.05) is 16.7 Å². The molecule has 1 N–H and O–H groups in total. The molecule has 0 radical (unpaired) electrons. The van der Waals surface area contributed by atoms with Gasteiger partial charge in [-0.1, -0.05) is 32.9 Å². The number of aromatic amines is 1. The summed E-state index contributed by atoms with van der Waals surface area (Å²) < 4.78 is 13.2. The van der Waals surface area contributed by atoms with Crippen molar-refractivity contribution in [2.75, 3.05) is 0 Å². The number of rotatable bonds is 1. The fourth-order valence-corrected chi connectivity index (χ4v) is 1.73. The van der Waals surface area contributed by atoms with E-state index in [4.69, 9.17) is 0 Å². The summed E-state index contributed by atoms with van der Waals surface area (Å²) in [6, 6.07) is 6.58. The van der Waals surface area contributed by atoms with Crippen LogP contribution in [0.25, 0.3) is 11.1 Å². The van der Waals surface area contributed by atoms with Gasteiger partial charge in [0.25, 0.3) is 0 Å². The van der Waals surface area contributed by atoms with Crippen LogP contribution in [-0.2, 0) is 5.41 Å². The number of hydrogen-bond donors (Lipinski definition) is 1. The molecule has 0 aliphatic rings. The molecule has 2 rings (SSSR count). The maximum atomic E-state index is 13.2. The Morgan fingerprint density at radius 3 is 2.62 bits per heavy atom. The molecule has 3 heteroatoms. The van der Waals surface area contributed by atoms with Gasteiger partial charge in [0.2, 0.25) is 0 Å². The molecule has 0 aliphatic carbocycles. The van der Waals surface area contributed by atoms with Gasteiger partial charge in [-0.15, -0.1) is 0 Å². The zero-order valence-electron chi connectivity index (χ0n) is 9.71. The van der Waals surface area contributed by atoms with Gasteiger partial charge in [-0.2, -0.15) is 5.10 Å². The Hall–Kier alpha value is -1.64. The number of H-pyrrole nitrogens is 1. The molecule has 2 aromatic rings. The van der Waals surface area contributed by atoms with Crippen LogP contribution in [-0.4, -0.2) is 10.2 Å². The van der Waals surface area contributed by atoms with Crippen LogP contribution in [0.5, 0.6) is 0 Å². The van der Waals surface area contributed by atoms with E-state index in [1.165, 1.54) is 12.1 Å². The molecule has 0 saturated carbocycles. The minimum atomic E-state index is -0.224. The molecular formula is C13H15FN2. The topological polar surface area (TPSA) is 28.7 Å². The van der Waals surface area contributed by atoms with Crippen LogP contribution in [0, 0.1) is 5.82 Å². The lowest BCUT2D eigenvalue weighted by Crippen LogP contribution is -2.13. The summed E-state index contributed by atoms with van der Waals surface area (Å²) >= 11 is 0. The van der Waals surface area contributed by atoms with Crippen molar-refractivity contribution in [3.8, 4) is 11.1 Å². The van der Waals surface area contributed by atoms with E-state index < -0.39 is 0 Å². The van der Waals surface area contributed by atoms with Gasteiger partial charge >= 0.3 is 0 Å².